The van der Waals surface area contributed by atoms with Crippen LogP contribution in [0.2, 0.25) is 0 Å². The number of carbonyl (C=O) groups excluding carboxylic acids is 2. The van der Waals surface area contributed by atoms with Crippen LogP contribution >= 0.6 is 0 Å². The number of carbonyl (C=O) groups is 2. The van der Waals surface area contributed by atoms with Crippen LogP contribution in [-0.2, 0) is 19.1 Å². The largest absolute Gasteiger partial charge is 0.462 e. The lowest BCUT2D eigenvalue weighted by atomic mass is 9.61. The molecule has 0 aromatic rings. The molecule has 26 heavy (non-hydrogen) atoms. The highest BCUT2D eigenvalue weighted by Crippen LogP contribution is 2.86. The van der Waals surface area contributed by atoms with Gasteiger partial charge in [-0.1, -0.05) is 0 Å². The van der Waals surface area contributed by atoms with Crippen molar-refractivity contribution in [2.45, 2.75) is 51.7 Å². The number of ether oxygens (including phenoxy) is 2. The van der Waals surface area contributed by atoms with Crippen LogP contribution in [0.5, 0.6) is 0 Å². The van der Waals surface area contributed by atoms with E-state index in [1.54, 1.807) is 0 Å². The second kappa shape index (κ2) is 3.63. The van der Waals surface area contributed by atoms with Crippen molar-refractivity contribution in [1.82, 2.24) is 0 Å². The summed E-state index contributed by atoms with van der Waals surface area (Å²) >= 11 is 0. The summed E-state index contributed by atoms with van der Waals surface area (Å²) in [5, 5.41) is 0. The van der Waals surface area contributed by atoms with Crippen molar-refractivity contribution in [1.29, 1.82) is 0 Å². The van der Waals surface area contributed by atoms with Crippen molar-refractivity contribution in [3.05, 3.63) is 0 Å². The Bertz CT molecular complexity index is 740. The minimum atomic E-state index is -0.297. The third kappa shape index (κ3) is 1.00. The lowest BCUT2D eigenvalue weighted by Gasteiger charge is -2.47. The van der Waals surface area contributed by atoms with Crippen molar-refractivity contribution in [2.75, 3.05) is 0 Å². The number of fused-ring (bicyclic) bond motifs is 4. The summed E-state index contributed by atoms with van der Waals surface area (Å²) in [5.74, 6) is 5.35. The monoisotopic (exact) mass is 354 g/mol. The first kappa shape index (κ1) is 14.0. The Morgan fingerprint density at radius 2 is 1.08 bits per heavy atom. The normalized spacial score (nSPS) is 72.7. The van der Waals surface area contributed by atoms with Gasteiger partial charge in [0, 0.05) is 11.8 Å². The Balaban J connectivity index is 1.45. The van der Waals surface area contributed by atoms with Gasteiger partial charge in [-0.25, -0.2) is 0 Å². The molecule has 0 radical (unpaired) electrons. The summed E-state index contributed by atoms with van der Waals surface area (Å²) in [5.41, 5.74) is -0.593. The minimum absolute atomic E-state index is 0.112. The molecule has 14 atom stereocenters. The molecule has 0 aromatic carbocycles. The van der Waals surface area contributed by atoms with Crippen LogP contribution in [0.25, 0.3) is 0 Å². The summed E-state index contributed by atoms with van der Waals surface area (Å²) < 4.78 is 12.3. The summed E-state index contributed by atoms with van der Waals surface area (Å²) in [6.45, 7) is 4.53. The van der Waals surface area contributed by atoms with Gasteiger partial charge in [0.1, 0.15) is 12.2 Å². The van der Waals surface area contributed by atoms with E-state index in [2.05, 4.69) is 13.8 Å². The third-order valence-corrected chi connectivity index (χ3v) is 11.4. The van der Waals surface area contributed by atoms with Crippen molar-refractivity contribution >= 4 is 11.9 Å². The molecule has 0 unspecified atom stereocenters. The van der Waals surface area contributed by atoms with E-state index in [9.17, 15) is 9.59 Å². The molecule has 138 valence electrons. The molecule has 6 aliphatic carbocycles. The average molecular weight is 354 g/mol. The molecule has 4 heteroatoms. The van der Waals surface area contributed by atoms with Gasteiger partial charge >= 0.3 is 11.9 Å². The van der Waals surface area contributed by atoms with E-state index in [-0.39, 0.29) is 35.0 Å². The molecule has 2 saturated heterocycles. The highest BCUT2D eigenvalue weighted by atomic mass is 16.6. The number of rotatable bonds is 0. The Kier molecular flexibility index (Phi) is 1.95. The summed E-state index contributed by atoms with van der Waals surface area (Å²) in [7, 11) is 0. The van der Waals surface area contributed by atoms with Crippen molar-refractivity contribution < 1.29 is 19.1 Å². The van der Waals surface area contributed by atoms with Gasteiger partial charge in [0.25, 0.3) is 0 Å². The molecule has 0 bridgehead atoms. The molecule has 4 nitrogen and oxygen atoms in total. The summed E-state index contributed by atoms with van der Waals surface area (Å²) in [6, 6.07) is 0. The van der Waals surface area contributed by atoms with Gasteiger partial charge in [-0.15, -0.1) is 0 Å². The first-order valence-electron chi connectivity index (χ1n) is 10.9. The van der Waals surface area contributed by atoms with Gasteiger partial charge in [0.05, 0.1) is 10.8 Å². The number of hydrogen-bond donors (Lipinski definition) is 0. The first-order chi connectivity index (χ1) is 12.5. The van der Waals surface area contributed by atoms with Crippen molar-refractivity contribution in [3.63, 3.8) is 0 Å². The van der Waals surface area contributed by atoms with E-state index in [4.69, 9.17) is 9.47 Å². The fraction of sp³-hybridized carbons (Fsp3) is 0.909. The molecule has 0 aromatic heterocycles. The zero-order valence-electron chi connectivity index (χ0n) is 15.4. The van der Waals surface area contributed by atoms with E-state index in [0.29, 0.717) is 59.2 Å². The topological polar surface area (TPSA) is 52.6 Å². The molecule has 0 amide bonds. The molecule has 2 heterocycles. The van der Waals surface area contributed by atoms with Crippen LogP contribution in [-0.4, -0.2) is 24.1 Å². The van der Waals surface area contributed by atoms with E-state index in [0.717, 1.165) is 25.7 Å². The fourth-order valence-electron chi connectivity index (χ4n) is 11.4. The van der Waals surface area contributed by atoms with Crippen molar-refractivity contribution in [2.24, 2.45) is 70.0 Å². The van der Waals surface area contributed by atoms with Crippen LogP contribution in [0.15, 0.2) is 0 Å². The Morgan fingerprint density at radius 1 is 0.654 bits per heavy atom. The molecular formula is C22H26O4. The Hall–Kier alpha value is -1.06. The molecule has 6 saturated carbocycles. The van der Waals surface area contributed by atoms with E-state index < -0.39 is 0 Å². The molecule has 0 spiro atoms. The van der Waals surface area contributed by atoms with Crippen molar-refractivity contribution in [3.8, 4) is 0 Å². The van der Waals surface area contributed by atoms with Gasteiger partial charge in [0.2, 0.25) is 0 Å². The molecule has 0 N–H and O–H groups in total. The maximum absolute atomic E-state index is 13.4. The first-order valence-corrected chi connectivity index (χ1v) is 10.9. The van der Waals surface area contributed by atoms with Crippen LogP contribution in [0, 0.1) is 70.0 Å². The van der Waals surface area contributed by atoms with Crippen LogP contribution in [0.3, 0.4) is 0 Å². The SMILES string of the molecule is C[C@]12C(=O)O[C@@H]3CC[C@@H]4[C@@H]3[C@@H]1[C@@H]1[C@H]3[C@@H]5[C@@H]6[C@@H](CC[C@@H]6OC(=O)[C@]5(C)[C@@H]41)[C@@H]32. The molecule has 8 fully saturated rings. The van der Waals surface area contributed by atoms with E-state index >= 15 is 0 Å². The summed E-state index contributed by atoms with van der Waals surface area (Å²) in [6.07, 6.45) is 4.56. The zero-order chi connectivity index (χ0) is 17.3. The highest BCUT2D eigenvalue weighted by molar-refractivity contribution is 5.83. The maximum Gasteiger partial charge on any atom is 0.312 e. The fourth-order valence-corrected chi connectivity index (χ4v) is 11.4. The smallest absolute Gasteiger partial charge is 0.312 e. The van der Waals surface area contributed by atoms with Gasteiger partial charge in [-0.2, -0.15) is 0 Å². The average Bonchev–Trinajstić information content (AvgIpc) is 3.34. The zero-order valence-corrected chi connectivity index (χ0v) is 15.4. The Morgan fingerprint density at radius 3 is 1.50 bits per heavy atom. The van der Waals surface area contributed by atoms with Crippen LogP contribution in [0.4, 0.5) is 0 Å². The van der Waals surface area contributed by atoms with E-state index in [1.165, 1.54) is 0 Å². The number of esters is 2. The van der Waals surface area contributed by atoms with Crippen LogP contribution < -0.4 is 0 Å². The molecule has 8 aliphatic rings. The minimum Gasteiger partial charge on any atom is -0.462 e. The van der Waals surface area contributed by atoms with E-state index in [1.807, 2.05) is 0 Å². The molecular weight excluding hydrogens is 328 g/mol. The predicted octanol–water partition coefficient (Wildman–Crippen LogP) is 2.65. The Labute approximate surface area is 153 Å². The second-order valence-electron chi connectivity index (χ2n) is 11.3. The predicted molar refractivity (Wildman–Crippen MR) is 89.3 cm³/mol. The standard InChI is InChI=1S/C22H26O4/c1-21-15-7-3-5-10-12(7)18-13(15)14-16(22(18,2)20(24)26-10)8-4-6-9(25-19(21)23)11(8)17(14)21/h7-18H,3-6H2,1-2H3/t7-,8-,9-,10+,11+,12-,13-,14-,15+,16+,17-,18+,21-,22-/m1/s1. The number of hydrogen-bond acceptors (Lipinski definition) is 4. The lowest BCUT2D eigenvalue weighted by Crippen LogP contribution is -2.53. The highest BCUT2D eigenvalue weighted by Gasteiger charge is 2.88. The van der Waals surface area contributed by atoms with Gasteiger partial charge in [-0.05, 0) is 86.9 Å². The van der Waals surface area contributed by atoms with Gasteiger partial charge < -0.3 is 9.47 Å². The maximum atomic E-state index is 13.4. The molecule has 2 aliphatic heterocycles. The summed E-state index contributed by atoms with van der Waals surface area (Å²) in [4.78, 5) is 26.7. The van der Waals surface area contributed by atoms with Gasteiger partial charge in [0.15, 0.2) is 0 Å². The molecule has 8 rings (SSSR count). The second-order valence-corrected chi connectivity index (χ2v) is 11.3. The quantitative estimate of drug-likeness (QED) is 0.628. The van der Waals surface area contributed by atoms with Crippen LogP contribution in [0.1, 0.15) is 39.5 Å². The third-order valence-electron chi connectivity index (χ3n) is 11.4. The lowest BCUT2D eigenvalue weighted by molar-refractivity contribution is -0.189. The van der Waals surface area contributed by atoms with Gasteiger partial charge in [-0.3, -0.25) is 9.59 Å².